The average Bonchev–Trinajstić information content (AvgIpc) is 3.06. The van der Waals surface area contributed by atoms with Gasteiger partial charge in [0.1, 0.15) is 11.5 Å². The summed E-state index contributed by atoms with van der Waals surface area (Å²) in [4.78, 5) is 12.9. The van der Waals surface area contributed by atoms with Crippen LogP contribution in [-0.2, 0) is 4.74 Å². The van der Waals surface area contributed by atoms with Crippen molar-refractivity contribution >= 4 is 11.6 Å². The lowest BCUT2D eigenvalue weighted by Crippen LogP contribution is -2.21. The van der Waals surface area contributed by atoms with Crippen LogP contribution in [0.4, 0.5) is 16.0 Å². The van der Waals surface area contributed by atoms with Crippen LogP contribution in [0.1, 0.15) is 24.7 Å². The number of hydrogen-bond acceptors (Lipinski definition) is 5. The van der Waals surface area contributed by atoms with Gasteiger partial charge in [-0.25, -0.2) is 19.3 Å². The summed E-state index contributed by atoms with van der Waals surface area (Å²) in [6, 6.07) is 9.80. The van der Waals surface area contributed by atoms with Crippen molar-refractivity contribution < 1.29 is 9.13 Å². The predicted octanol–water partition coefficient (Wildman–Crippen LogP) is 3.88. The van der Waals surface area contributed by atoms with Crippen LogP contribution < -0.4 is 5.32 Å². The summed E-state index contributed by atoms with van der Waals surface area (Å²) in [6.07, 6.45) is 4.64. The second-order valence-electron chi connectivity index (χ2n) is 6.29. The van der Waals surface area contributed by atoms with Gasteiger partial charge in [-0.2, -0.15) is 0 Å². The van der Waals surface area contributed by atoms with E-state index >= 15 is 0 Å². The van der Waals surface area contributed by atoms with E-state index in [1.54, 1.807) is 6.20 Å². The van der Waals surface area contributed by atoms with E-state index in [9.17, 15) is 4.39 Å². The van der Waals surface area contributed by atoms with E-state index < -0.39 is 5.82 Å². The van der Waals surface area contributed by atoms with Gasteiger partial charge in [-0.1, -0.05) is 18.2 Å². The smallest absolute Gasteiger partial charge is 0.227 e. The van der Waals surface area contributed by atoms with E-state index in [1.807, 2.05) is 37.3 Å². The molecule has 1 aliphatic heterocycles. The molecule has 6 nitrogen and oxygen atoms in total. The van der Waals surface area contributed by atoms with Crippen LogP contribution in [0, 0.1) is 12.7 Å². The number of nitrogens with one attached hydrogen (secondary N) is 1. The largest absolute Gasteiger partial charge is 0.381 e. The Morgan fingerprint density at radius 1 is 1.12 bits per heavy atom. The molecule has 1 N–H and O–H groups in total. The highest BCUT2D eigenvalue weighted by Crippen LogP contribution is 2.30. The molecular formula is C19H20FN5O. The van der Waals surface area contributed by atoms with Crippen molar-refractivity contribution in [1.29, 1.82) is 0 Å². The molecule has 26 heavy (non-hydrogen) atoms. The molecule has 3 aromatic rings. The maximum absolute atomic E-state index is 14.5. The fraction of sp³-hybridized carbons (Fsp3) is 0.316. The van der Waals surface area contributed by atoms with Crippen molar-refractivity contribution in [3.8, 4) is 11.4 Å². The number of imidazole rings is 1. The monoisotopic (exact) mass is 353 g/mol. The molecule has 1 aliphatic rings. The quantitative estimate of drug-likeness (QED) is 0.771. The van der Waals surface area contributed by atoms with Gasteiger partial charge in [0.2, 0.25) is 5.95 Å². The minimum Gasteiger partial charge on any atom is -0.381 e. The molecule has 1 saturated heterocycles. The molecule has 4 rings (SSSR count). The highest BCUT2D eigenvalue weighted by molar-refractivity contribution is 5.60. The number of hydrogen-bond donors (Lipinski definition) is 1. The summed E-state index contributed by atoms with van der Waals surface area (Å²) >= 11 is 0. The van der Waals surface area contributed by atoms with E-state index in [4.69, 9.17) is 4.74 Å². The summed E-state index contributed by atoms with van der Waals surface area (Å²) in [6.45, 7) is 3.34. The van der Waals surface area contributed by atoms with E-state index in [-0.39, 0.29) is 11.7 Å². The molecule has 0 atom stereocenters. The zero-order valence-electron chi connectivity index (χ0n) is 14.5. The first kappa shape index (κ1) is 16.7. The van der Waals surface area contributed by atoms with E-state index in [1.165, 1.54) is 6.20 Å². The highest BCUT2D eigenvalue weighted by Gasteiger charge is 2.23. The number of aryl methyl sites for hydroxylation is 1. The third-order valence-corrected chi connectivity index (χ3v) is 4.55. The standard InChI is InChI=1S/C19H20FN5O/c1-13-21-12-17(25(13)15-7-9-26-10-8-15)18-16(20)11-22-19(24-18)23-14-5-3-2-4-6-14/h2-6,11-12,15H,7-10H2,1H3,(H,22,23,24). The maximum atomic E-state index is 14.5. The van der Waals surface area contributed by atoms with Crippen molar-refractivity contribution in [2.75, 3.05) is 18.5 Å². The van der Waals surface area contributed by atoms with Crippen LogP contribution >= 0.6 is 0 Å². The van der Waals surface area contributed by atoms with E-state index in [2.05, 4.69) is 24.8 Å². The van der Waals surface area contributed by atoms with E-state index in [0.717, 1.165) is 24.4 Å². The fourth-order valence-electron chi connectivity index (χ4n) is 3.29. The number of anilines is 2. The Hall–Kier alpha value is -2.80. The number of benzene rings is 1. The van der Waals surface area contributed by atoms with Crippen LogP contribution in [0.5, 0.6) is 0 Å². The van der Waals surface area contributed by atoms with Crippen LogP contribution in [0.2, 0.25) is 0 Å². The number of aromatic nitrogens is 4. The molecule has 0 saturated carbocycles. The minimum atomic E-state index is -0.461. The van der Waals surface area contributed by atoms with Crippen LogP contribution in [0.3, 0.4) is 0 Å². The maximum Gasteiger partial charge on any atom is 0.227 e. The number of para-hydroxylation sites is 1. The molecule has 7 heteroatoms. The van der Waals surface area contributed by atoms with Gasteiger partial charge in [-0.15, -0.1) is 0 Å². The Bertz CT molecular complexity index is 890. The molecule has 2 aromatic heterocycles. The number of ether oxygens (including phenoxy) is 1. The lowest BCUT2D eigenvalue weighted by Gasteiger charge is -2.26. The molecule has 0 radical (unpaired) electrons. The van der Waals surface area contributed by atoms with Gasteiger partial charge in [0.25, 0.3) is 0 Å². The van der Waals surface area contributed by atoms with E-state index in [0.29, 0.717) is 24.9 Å². The van der Waals surface area contributed by atoms with Gasteiger partial charge in [0.05, 0.1) is 18.1 Å². The first-order chi connectivity index (χ1) is 12.7. The topological polar surface area (TPSA) is 64.9 Å². The van der Waals surface area contributed by atoms with Gasteiger partial charge in [0, 0.05) is 24.9 Å². The molecule has 134 valence electrons. The predicted molar refractivity (Wildman–Crippen MR) is 96.8 cm³/mol. The number of nitrogens with zero attached hydrogens (tertiary/aromatic N) is 4. The summed E-state index contributed by atoms with van der Waals surface area (Å²) < 4.78 is 22.1. The second kappa shape index (κ2) is 7.21. The van der Waals surface area contributed by atoms with Gasteiger partial charge in [-0.05, 0) is 31.9 Å². The molecule has 0 unspecified atom stereocenters. The Balaban J connectivity index is 1.70. The minimum absolute atomic E-state index is 0.237. The molecule has 3 heterocycles. The Morgan fingerprint density at radius 3 is 2.65 bits per heavy atom. The molecular weight excluding hydrogens is 333 g/mol. The van der Waals surface area contributed by atoms with Crippen LogP contribution in [-0.4, -0.2) is 32.7 Å². The first-order valence-corrected chi connectivity index (χ1v) is 8.69. The Kier molecular flexibility index (Phi) is 4.62. The van der Waals surface area contributed by atoms with Gasteiger partial charge in [0.15, 0.2) is 5.82 Å². The SMILES string of the molecule is Cc1ncc(-c2nc(Nc3ccccc3)ncc2F)n1C1CCOCC1. The molecule has 0 bridgehead atoms. The lowest BCUT2D eigenvalue weighted by molar-refractivity contribution is 0.0694. The summed E-state index contributed by atoms with van der Waals surface area (Å²) in [7, 11) is 0. The van der Waals surface area contributed by atoms with Crippen LogP contribution in [0.25, 0.3) is 11.4 Å². The zero-order chi connectivity index (χ0) is 17.9. The first-order valence-electron chi connectivity index (χ1n) is 8.69. The second-order valence-corrected chi connectivity index (χ2v) is 6.29. The molecule has 0 aliphatic carbocycles. The average molecular weight is 353 g/mol. The van der Waals surface area contributed by atoms with Gasteiger partial charge in [-0.3, -0.25) is 0 Å². The van der Waals surface area contributed by atoms with Crippen molar-refractivity contribution in [3.05, 3.63) is 54.4 Å². The third-order valence-electron chi connectivity index (χ3n) is 4.55. The number of halogens is 1. The summed E-state index contributed by atoms with van der Waals surface area (Å²) in [5.74, 6) is 0.740. The Labute approximate surface area is 151 Å². The fourth-order valence-corrected chi connectivity index (χ4v) is 3.29. The van der Waals surface area contributed by atoms with Crippen molar-refractivity contribution in [2.24, 2.45) is 0 Å². The zero-order valence-corrected chi connectivity index (χ0v) is 14.5. The highest BCUT2D eigenvalue weighted by atomic mass is 19.1. The lowest BCUT2D eigenvalue weighted by atomic mass is 10.1. The number of rotatable bonds is 4. The van der Waals surface area contributed by atoms with Crippen molar-refractivity contribution in [1.82, 2.24) is 19.5 Å². The molecule has 0 amide bonds. The van der Waals surface area contributed by atoms with Gasteiger partial charge < -0.3 is 14.6 Å². The third kappa shape index (κ3) is 3.30. The van der Waals surface area contributed by atoms with Gasteiger partial charge >= 0.3 is 0 Å². The molecule has 0 spiro atoms. The van der Waals surface area contributed by atoms with Crippen molar-refractivity contribution in [3.63, 3.8) is 0 Å². The molecule has 1 fully saturated rings. The summed E-state index contributed by atoms with van der Waals surface area (Å²) in [5.41, 5.74) is 1.77. The van der Waals surface area contributed by atoms with Crippen molar-refractivity contribution in [2.45, 2.75) is 25.8 Å². The normalized spacial score (nSPS) is 15.2. The summed E-state index contributed by atoms with van der Waals surface area (Å²) in [5, 5.41) is 3.11. The molecule has 1 aromatic carbocycles. The van der Waals surface area contributed by atoms with Crippen LogP contribution in [0.15, 0.2) is 42.7 Å². The Morgan fingerprint density at radius 2 is 1.88 bits per heavy atom.